The van der Waals surface area contributed by atoms with Crippen LogP contribution < -0.4 is 25.6 Å². The zero-order chi connectivity index (χ0) is 32.9. The van der Waals surface area contributed by atoms with Crippen molar-refractivity contribution in [1.82, 2.24) is 20.4 Å². The smallest absolute Gasteiger partial charge is 0.269 e. The van der Waals surface area contributed by atoms with E-state index in [1.165, 1.54) is 0 Å². The van der Waals surface area contributed by atoms with Gasteiger partial charge >= 0.3 is 0 Å². The van der Waals surface area contributed by atoms with E-state index in [-0.39, 0.29) is 29.7 Å². The van der Waals surface area contributed by atoms with Gasteiger partial charge < -0.3 is 20.3 Å². The number of nitriles is 1. The molecule has 3 aliphatic rings. The van der Waals surface area contributed by atoms with E-state index in [0.717, 1.165) is 75.5 Å². The average Bonchev–Trinajstić information content (AvgIpc) is 3.07. The van der Waals surface area contributed by atoms with Crippen LogP contribution in [-0.2, 0) is 16.1 Å². The van der Waals surface area contributed by atoms with Crippen LogP contribution in [0, 0.1) is 11.3 Å². The molecule has 1 aliphatic carbocycles. The zero-order valence-electron chi connectivity index (χ0n) is 26.0. The molecular formula is C34H37ClN8O4. The Hall–Kier alpha value is -4.73. The number of hydrogen-bond donors (Lipinski definition) is 2. The maximum absolute atomic E-state index is 13.2. The molecule has 1 unspecified atom stereocenters. The molecule has 0 spiro atoms. The summed E-state index contributed by atoms with van der Waals surface area (Å²) < 4.78 is 6.23. The Balaban J connectivity index is 1.12. The van der Waals surface area contributed by atoms with E-state index in [1.54, 1.807) is 30.3 Å². The second kappa shape index (κ2) is 14.4. The van der Waals surface area contributed by atoms with Crippen LogP contribution in [0.1, 0.15) is 60.1 Å². The van der Waals surface area contributed by atoms with Crippen molar-refractivity contribution >= 4 is 40.8 Å². The topological polar surface area (TPSA) is 158 Å². The molecule has 1 atom stereocenters. The number of halogens is 1. The number of nitrogens with two attached hydrogens (primary N) is 1. The number of anilines is 2. The summed E-state index contributed by atoms with van der Waals surface area (Å²) in [7, 11) is 0. The van der Waals surface area contributed by atoms with Gasteiger partial charge in [-0.2, -0.15) is 5.26 Å². The molecule has 2 aliphatic heterocycles. The number of aromatic nitrogens is 2. The highest BCUT2D eigenvalue weighted by Crippen LogP contribution is 2.34. The van der Waals surface area contributed by atoms with Gasteiger partial charge in [0, 0.05) is 56.9 Å². The predicted molar refractivity (Wildman–Crippen MR) is 176 cm³/mol. The van der Waals surface area contributed by atoms with Crippen LogP contribution in [0.3, 0.4) is 0 Å². The van der Waals surface area contributed by atoms with Gasteiger partial charge in [0.2, 0.25) is 11.8 Å². The van der Waals surface area contributed by atoms with Crippen molar-refractivity contribution in [3.63, 3.8) is 0 Å². The van der Waals surface area contributed by atoms with Crippen LogP contribution in [0.4, 0.5) is 11.5 Å². The fourth-order valence-electron chi connectivity index (χ4n) is 6.72. The average molecular weight is 657 g/mol. The number of amides is 3. The predicted octanol–water partition coefficient (Wildman–Crippen LogP) is 3.42. The van der Waals surface area contributed by atoms with Gasteiger partial charge in [-0.25, -0.2) is 0 Å². The van der Waals surface area contributed by atoms with Gasteiger partial charge in [-0.05, 0) is 74.1 Å². The minimum absolute atomic E-state index is 0.00376. The Kier molecular flexibility index (Phi) is 9.84. The summed E-state index contributed by atoms with van der Waals surface area (Å²) in [6, 6.07) is 18.6. The number of nitrogens with zero attached hydrogens (tertiary/aromatic N) is 6. The number of benzene rings is 2. The number of hydrogen-bond acceptors (Lipinski definition) is 10. The summed E-state index contributed by atoms with van der Waals surface area (Å²) in [5.74, 6) is 0.283. The maximum Gasteiger partial charge on any atom is 0.269 e. The number of imide groups is 1. The van der Waals surface area contributed by atoms with Crippen molar-refractivity contribution < 1.29 is 19.1 Å². The molecule has 3 fully saturated rings. The summed E-state index contributed by atoms with van der Waals surface area (Å²) in [4.78, 5) is 43.3. The molecule has 1 aromatic heterocycles. The molecule has 6 rings (SSSR count). The lowest BCUT2D eigenvalue weighted by Crippen LogP contribution is -2.56. The summed E-state index contributed by atoms with van der Waals surface area (Å²) in [6.45, 7) is 3.95. The highest BCUT2D eigenvalue weighted by Gasteiger charge is 2.37. The first-order valence-corrected chi connectivity index (χ1v) is 16.3. The molecule has 47 heavy (non-hydrogen) atoms. The van der Waals surface area contributed by atoms with Gasteiger partial charge in [0.1, 0.15) is 17.9 Å². The third kappa shape index (κ3) is 7.64. The molecule has 3 amide bonds. The maximum atomic E-state index is 13.2. The lowest BCUT2D eigenvalue weighted by atomic mass is 9.89. The van der Waals surface area contributed by atoms with Gasteiger partial charge in [0.15, 0.2) is 11.5 Å². The number of carbonyl (C=O) groups is 3. The van der Waals surface area contributed by atoms with Crippen LogP contribution in [-0.4, -0.2) is 77.2 Å². The Morgan fingerprint density at radius 2 is 1.81 bits per heavy atom. The Bertz CT molecular complexity index is 1660. The van der Waals surface area contributed by atoms with Crippen LogP contribution in [0.25, 0.3) is 0 Å². The molecule has 0 radical (unpaired) electrons. The third-order valence-electron chi connectivity index (χ3n) is 9.16. The highest BCUT2D eigenvalue weighted by molar-refractivity contribution is 6.31. The lowest BCUT2D eigenvalue weighted by molar-refractivity contribution is -0.134. The minimum Gasteiger partial charge on any atom is -0.490 e. The van der Waals surface area contributed by atoms with Gasteiger partial charge in [-0.3, -0.25) is 24.6 Å². The number of ether oxygens (including phenoxy) is 1. The molecule has 244 valence electrons. The number of nitrogens with one attached hydrogen (secondary N) is 1. The van der Waals surface area contributed by atoms with Crippen molar-refractivity contribution in [1.29, 1.82) is 5.26 Å². The Morgan fingerprint density at radius 3 is 2.47 bits per heavy atom. The molecule has 3 heterocycles. The van der Waals surface area contributed by atoms with E-state index < -0.39 is 11.9 Å². The van der Waals surface area contributed by atoms with Crippen LogP contribution in [0.5, 0.6) is 5.75 Å². The van der Waals surface area contributed by atoms with Gasteiger partial charge in [0.25, 0.3) is 5.91 Å². The van der Waals surface area contributed by atoms with Crippen molar-refractivity contribution in [3.8, 4) is 11.8 Å². The Labute approximate surface area is 278 Å². The van der Waals surface area contributed by atoms with E-state index in [9.17, 15) is 14.4 Å². The summed E-state index contributed by atoms with van der Waals surface area (Å²) >= 11 is 6.22. The quantitative estimate of drug-likeness (QED) is 0.327. The number of rotatable bonds is 9. The van der Waals surface area contributed by atoms with Gasteiger partial charge in [-0.1, -0.05) is 23.7 Å². The molecule has 2 saturated heterocycles. The number of piperidine rings is 1. The van der Waals surface area contributed by atoms with E-state index in [1.807, 2.05) is 6.07 Å². The standard InChI is InChI=1S/C34H37ClN8O4/c35-28-19-27(7-4-23(28)20-36)47-26-8-5-24(6-9-26)43(30-11-13-32(44)38-34(30)46)25-3-1-2-22(18-25)21-41-14-16-42(17-15-41)31-12-10-29(33(37)45)39-40-31/h1-4,7,10,12,18-19,24,26,30H,5-6,8-9,11,13-17,21H2,(H2,37,45)(H,38,44,46). The van der Waals surface area contributed by atoms with Crippen molar-refractivity contribution in [3.05, 3.63) is 76.4 Å². The molecule has 1 saturated carbocycles. The van der Waals surface area contributed by atoms with E-state index in [2.05, 4.69) is 54.5 Å². The summed E-state index contributed by atoms with van der Waals surface area (Å²) in [5, 5.41) is 20.2. The first-order valence-electron chi connectivity index (χ1n) is 16.0. The molecule has 2 aromatic carbocycles. The van der Waals surface area contributed by atoms with Crippen LogP contribution in [0.15, 0.2) is 54.6 Å². The number of primary amides is 1. The fraction of sp³-hybridized carbons (Fsp3) is 0.412. The second-order valence-corrected chi connectivity index (χ2v) is 12.7. The first-order chi connectivity index (χ1) is 22.8. The van der Waals surface area contributed by atoms with Gasteiger partial charge in [0.05, 0.1) is 16.7 Å². The van der Waals surface area contributed by atoms with Crippen molar-refractivity contribution in [2.75, 3.05) is 36.0 Å². The van der Waals surface area contributed by atoms with E-state index in [0.29, 0.717) is 29.2 Å². The molecule has 3 aromatic rings. The first kappa shape index (κ1) is 32.2. The summed E-state index contributed by atoms with van der Waals surface area (Å²) in [6.07, 6.45) is 4.02. The monoisotopic (exact) mass is 656 g/mol. The largest absolute Gasteiger partial charge is 0.490 e. The van der Waals surface area contributed by atoms with E-state index >= 15 is 0 Å². The lowest BCUT2D eigenvalue weighted by Gasteiger charge is -2.43. The highest BCUT2D eigenvalue weighted by atomic mass is 35.5. The van der Waals surface area contributed by atoms with Crippen LogP contribution in [0.2, 0.25) is 5.02 Å². The molecule has 12 nitrogen and oxygen atoms in total. The number of piperazine rings is 1. The molecule has 3 N–H and O–H groups in total. The SMILES string of the molecule is N#Cc1ccc(OC2CCC(N(c3cccc(CN4CCN(c5ccc(C(N)=O)nn5)CC4)c3)C3CCC(=O)NC3=O)CC2)cc1Cl. The summed E-state index contributed by atoms with van der Waals surface area (Å²) in [5.41, 5.74) is 7.97. The van der Waals surface area contributed by atoms with Gasteiger partial charge in [-0.15, -0.1) is 10.2 Å². The van der Waals surface area contributed by atoms with Crippen molar-refractivity contribution in [2.45, 2.75) is 63.3 Å². The molecule has 13 heteroatoms. The third-order valence-corrected chi connectivity index (χ3v) is 9.47. The van der Waals surface area contributed by atoms with Crippen LogP contribution >= 0.6 is 11.6 Å². The van der Waals surface area contributed by atoms with E-state index in [4.69, 9.17) is 27.3 Å². The van der Waals surface area contributed by atoms with Crippen molar-refractivity contribution in [2.24, 2.45) is 5.73 Å². The molecule has 0 bridgehead atoms. The normalized spacial score (nSPS) is 21.9. The zero-order valence-corrected chi connectivity index (χ0v) is 26.7. The number of carbonyl (C=O) groups excluding carboxylic acids is 3. The second-order valence-electron chi connectivity index (χ2n) is 12.3. The fourth-order valence-corrected chi connectivity index (χ4v) is 6.93. The molecular weight excluding hydrogens is 620 g/mol. The minimum atomic E-state index is -0.598. The Morgan fingerprint density at radius 1 is 1.02 bits per heavy atom.